The fourth-order valence-electron chi connectivity index (χ4n) is 7.62. The quantitative estimate of drug-likeness (QED) is 0.156. The van der Waals surface area contributed by atoms with Crippen molar-refractivity contribution in [2.24, 2.45) is 14.1 Å². The standard InChI is InChI=1S/C39H38Cl2N6O2/c1-21-16-27(17-22(2)36(21)41)49-15-9-10-28-29-13-14-31(40)35(34-24(4)43-45(7)25(34)5)37(29)47-23(3)20-46(39(48)38(28)47)33-12-8-11-32-30(33)18-26(19-42)44(32)6/h8,11-14,16-18,23H,9-10,15,20H2,1-7H3/t23-/m1/s1. The maximum atomic E-state index is 14.9. The summed E-state index contributed by atoms with van der Waals surface area (Å²) >= 11 is 13.5. The zero-order valence-corrected chi connectivity index (χ0v) is 30.3. The summed E-state index contributed by atoms with van der Waals surface area (Å²) < 4.78 is 12.2. The van der Waals surface area contributed by atoms with E-state index in [1.54, 1.807) is 0 Å². The van der Waals surface area contributed by atoms with Crippen LogP contribution in [0.1, 0.15) is 63.6 Å². The Bertz CT molecular complexity index is 2350. The van der Waals surface area contributed by atoms with E-state index in [2.05, 4.69) is 30.6 Å². The molecule has 1 aliphatic rings. The van der Waals surface area contributed by atoms with Gasteiger partial charge in [0, 0.05) is 59.3 Å². The molecule has 250 valence electrons. The summed E-state index contributed by atoms with van der Waals surface area (Å²) in [5, 5.41) is 17.7. The third-order valence-corrected chi connectivity index (χ3v) is 10.9. The van der Waals surface area contributed by atoms with Gasteiger partial charge in [0.05, 0.1) is 34.0 Å². The molecule has 0 unspecified atom stereocenters. The van der Waals surface area contributed by atoms with E-state index in [-0.39, 0.29) is 11.9 Å². The summed E-state index contributed by atoms with van der Waals surface area (Å²) in [4.78, 5) is 16.8. The van der Waals surface area contributed by atoms with Crippen molar-refractivity contribution in [1.82, 2.24) is 18.9 Å². The molecule has 0 aliphatic carbocycles. The number of hydrogen-bond donors (Lipinski definition) is 0. The number of nitriles is 1. The van der Waals surface area contributed by atoms with Crippen molar-refractivity contribution >= 4 is 56.6 Å². The first-order valence-electron chi connectivity index (χ1n) is 16.5. The van der Waals surface area contributed by atoms with Gasteiger partial charge in [-0.3, -0.25) is 9.48 Å². The van der Waals surface area contributed by atoms with Crippen LogP contribution in [0.4, 0.5) is 5.69 Å². The Kier molecular flexibility index (Phi) is 8.25. The van der Waals surface area contributed by atoms with E-state index in [9.17, 15) is 10.1 Å². The molecule has 0 bridgehead atoms. The first-order chi connectivity index (χ1) is 23.4. The van der Waals surface area contributed by atoms with Crippen molar-refractivity contribution in [3.05, 3.63) is 98.0 Å². The lowest BCUT2D eigenvalue weighted by Crippen LogP contribution is -2.42. The van der Waals surface area contributed by atoms with Gasteiger partial charge in [0.15, 0.2) is 0 Å². The van der Waals surface area contributed by atoms with Crippen LogP contribution in [-0.2, 0) is 20.5 Å². The Morgan fingerprint density at radius 3 is 2.41 bits per heavy atom. The number of aromatic nitrogens is 4. The number of carbonyl (C=O) groups is 1. The van der Waals surface area contributed by atoms with Gasteiger partial charge >= 0.3 is 0 Å². The average Bonchev–Trinajstić information content (AvgIpc) is 3.67. The number of amides is 1. The number of aryl methyl sites for hydroxylation is 6. The van der Waals surface area contributed by atoms with E-state index in [1.165, 1.54) is 0 Å². The molecule has 3 aromatic carbocycles. The van der Waals surface area contributed by atoms with Crippen molar-refractivity contribution < 1.29 is 9.53 Å². The molecule has 7 rings (SSSR count). The molecule has 6 aromatic rings. The van der Waals surface area contributed by atoms with E-state index in [0.29, 0.717) is 42.4 Å². The molecule has 0 saturated carbocycles. The minimum Gasteiger partial charge on any atom is -0.494 e. The molecule has 1 amide bonds. The van der Waals surface area contributed by atoms with Crippen LogP contribution in [-0.4, -0.2) is 38.0 Å². The lowest BCUT2D eigenvalue weighted by atomic mass is 9.98. The second-order valence-electron chi connectivity index (χ2n) is 13.2. The molecular formula is C39H38Cl2N6O2. The number of fused-ring (bicyclic) bond motifs is 4. The number of anilines is 1. The number of rotatable bonds is 7. The molecule has 0 radical (unpaired) electrons. The Morgan fingerprint density at radius 1 is 1.00 bits per heavy atom. The van der Waals surface area contributed by atoms with Crippen molar-refractivity contribution in [2.45, 2.75) is 53.5 Å². The molecule has 0 N–H and O–H groups in total. The van der Waals surface area contributed by atoms with Crippen LogP contribution in [0.15, 0.2) is 48.5 Å². The highest BCUT2D eigenvalue weighted by atomic mass is 35.5. The first-order valence-corrected chi connectivity index (χ1v) is 17.2. The molecule has 4 heterocycles. The fraction of sp³-hybridized carbons (Fsp3) is 0.308. The molecule has 0 saturated heterocycles. The molecule has 0 spiro atoms. The molecule has 8 nitrogen and oxygen atoms in total. The van der Waals surface area contributed by atoms with Gasteiger partial charge in [-0.1, -0.05) is 35.3 Å². The first kappa shape index (κ1) is 32.8. The van der Waals surface area contributed by atoms with Gasteiger partial charge in [-0.2, -0.15) is 10.4 Å². The molecule has 1 atom stereocenters. The molecular weight excluding hydrogens is 655 g/mol. The maximum Gasteiger partial charge on any atom is 0.275 e. The number of benzene rings is 3. The number of halogens is 2. The van der Waals surface area contributed by atoms with Crippen molar-refractivity contribution in [3.8, 4) is 22.9 Å². The normalized spacial score (nSPS) is 14.6. The second-order valence-corrected chi connectivity index (χ2v) is 14.0. The minimum absolute atomic E-state index is 0.0780. The predicted molar refractivity (Wildman–Crippen MR) is 197 cm³/mol. The van der Waals surface area contributed by atoms with E-state index in [4.69, 9.17) is 33.0 Å². The van der Waals surface area contributed by atoms with Gasteiger partial charge in [-0.05, 0) is 101 Å². The van der Waals surface area contributed by atoms with Gasteiger partial charge < -0.3 is 18.8 Å². The fourth-order valence-corrected chi connectivity index (χ4v) is 7.98. The SMILES string of the molecule is Cc1cc(OCCCc2c3n(c4c(-c5c(C)nn(C)c5C)c(Cl)ccc24)[C@H](C)CN(c2cccc4c2cc(C#N)n4C)C3=O)cc(C)c1Cl. The zero-order chi connectivity index (χ0) is 34.9. The highest BCUT2D eigenvalue weighted by Gasteiger charge is 2.37. The topological polar surface area (TPSA) is 81.0 Å². The molecule has 0 fully saturated rings. The third kappa shape index (κ3) is 5.19. The Morgan fingerprint density at radius 2 is 1.73 bits per heavy atom. The smallest absolute Gasteiger partial charge is 0.275 e. The van der Waals surface area contributed by atoms with Crippen LogP contribution in [0.5, 0.6) is 5.75 Å². The largest absolute Gasteiger partial charge is 0.494 e. The van der Waals surface area contributed by atoms with Gasteiger partial charge in [0.25, 0.3) is 5.91 Å². The van der Waals surface area contributed by atoms with Crippen LogP contribution in [0, 0.1) is 39.0 Å². The van der Waals surface area contributed by atoms with Crippen molar-refractivity contribution in [3.63, 3.8) is 0 Å². The summed E-state index contributed by atoms with van der Waals surface area (Å²) in [6.07, 6.45) is 1.31. The van der Waals surface area contributed by atoms with E-state index >= 15 is 0 Å². The highest BCUT2D eigenvalue weighted by molar-refractivity contribution is 6.35. The monoisotopic (exact) mass is 692 g/mol. The van der Waals surface area contributed by atoms with Crippen LogP contribution in [0.2, 0.25) is 10.0 Å². The van der Waals surface area contributed by atoms with Gasteiger partial charge in [0.2, 0.25) is 0 Å². The molecule has 49 heavy (non-hydrogen) atoms. The summed E-state index contributed by atoms with van der Waals surface area (Å²) in [7, 11) is 3.82. The van der Waals surface area contributed by atoms with E-state index in [1.807, 2.05) is 91.5 Å². The maximum absolute atomic E-state index is 14.9. The van der Waals surface area contributed by atoms with E-state index in [0.717, 1.165) is 77.5 Å². The summed E-state index contributed by atoms with van der Waals surface area (Å²) in [5.41, 5.74) is 10.5. The zero-order valence-electron chi connectivity index (χ0n) is 28.8. The van der Waals surface area contributed by atoms with Gasteiger partial charge in [-0.15, -0.1) is 0 Å². The number of hydrogen-bond acceptors (Lipinski definition) is 4. The number of nitrogens with zero attached hydrogens (tertiary/aromatic N) is 6. The van der Waals surface area contributed by atoms with Crippen molar-refractivity contribution in [1.29, 1.82) is 5.26 Å². The number of ether oxygens (including phenoxy) is 1. The lowest BCUT2D eigenvalue weighted by Gasteiger charge is -2.34. The van der Waals surface area contributed by atoms with E-state index < -0.39 is 0 Å². The Labute approximate surface area is 296 Å². The predicted octanol–water partition coefficient (Wildman–Crippen LogP) is 9.18. The summed E-state index contributed by atoms with van der Waals surface area (Å²) in [6, 6.07) is 17.9. The highest BCUT2D eigenvalue weighted by Crippen LogP contribution is 2.45. The number of carbonyl (C=O) groups excluding carboxylic acids is 1. The van der Waals surface area contributed by atoms with Crippen LogP contribution >= 0.6 is 23.2 Å². The Balaban J connectivity index is 1.38. The minimum atomic E-state index is -0.0795. The summed E-state index contributed by atoms with van der Waals surface area (Å²) in [6.45, 7) is 11.1. The van der Waals surface area contributed by atoms with Gasteiger partial charge in [0.1, 0.15) is 23.2 Å². The molecule has 10 heteroatoms. The van der Waals surface area contributed by atoms with Crippen LogP contribution < -0.4 is 9.64 Å². The molecule has 1 aliphatic heterocycles. The van der Waals surface area contributed by atoms with Gasteiger partial charge in [-0.25, -0.2) is 0 Å². The Hall–Kier alpha value is -4.71. The second kappa shape index (κ2) is 12.3. The molecule has 3 aromatic heterocycles. The van der Waals surface area contributed by atoms with Crippen molar-refractivity contribution in [2.75, 3.05) is 18.1 Å². The summed E-state index contributed by atoms with van der Waals surface area (Å²) in [5.74, 6) is 0.703. The average molecular weight is 694 g/mol. The lowest BCUT2D eigenvalue weighted by molar-refractivity contribution is 0.0957. The van der Waals surface area contributed by atoms with Crippen LogP contribution in [0.25, 0.3) is 32.9 Å². The third-order valence-electron chi connectivity index (χ3n) is 10.0. The van der Waals surface area contributed by atoms with Crippen LogP contribution in [0.3, 0.4) is 0 Å².